The van der Waals surface area contributed by atoms with Crippen LogP contribution in [0.3, 0.4) is 0 Å². The number of ketones is 2. The molecule has 1 aromatic carbocycles. The van der Waals surface area contributed by atoms with Crippen LogP contribution in [0.4, 0.5) is 11.4 Å². The average molecular weight is 494 g/mol. The van der Waals surface area contributed by atoms with Crippen LogP contribution < -0.4 is 4.90 Å². The van der Waals surface area contributed by atoms with Crippen molar-refractivity contribution >= 4 is 22.9 Å². The smallest absolute Gasteiger partial charge is 0.292 e. The number of hydrogen-bond acceptors (Lipinski definition) is 7. The number of hydrogen-bond donors (Lipinski definition) is 0. The van der Waals surface area contributed by atoms with Gasteiger partial charge in [-0.2, -0.15) is 0 Å². The molecular formula is C28H35N3O5. The molecule has 4 aliphatic rings. The van der Waals surface area contributed by atoms with E-state index in [1.807, 2.05) is 45.7 Å². The van der Waals surface area contributed by atoms with E-state index in [4.69, 9.17) is 4.74 Å². The molecule has 0 amide bonds. The Labute approximate surface area is 212 Å². The van der Waals surface area contributed by atoms with E-state index in [2.05, 4.69) is 4.90 Å². The van der Waals surface area contributed by atoms with Gasteiger partial charge in [-0.1, -0.05) is 33.8 Å². The summed E-state index contributed by atoms with van der Waals surface area (Å²) in [5.74, 6) is 0.534. The lowest BCUT2D eigenvalue weighted by Gasteiger charge is -2.42. The maximum Gasteiger partial charge on any atom is 0.292 e. The van der Waals surface area contributed by atoms with Gasteiger partial charge in [-0.25, -0.2) is 0 Å². The zero-order chi connectivity index (χ0) is 26.0. The molecule has 0 saturated carbocycles. The lowest BCUT2D eigenvalue weighted by Crippen LogP contribution is -2.44. The lowest BCUT2D eigenvalue weighted by molar-refractivity contribution is -0.384. The monoisotopic (exact) mass is 493 g/mol. The molecule has 192 valence electrons. The highest BCUT2D eigenvalue weighted by Gasteiger charge is 2.48. The molecule has 36 heavy (non-hydrogen) atoms. The predicted octanol–water partition coefficient (Wildman–Crippen LogP) is 4.75. The Morgan fingerprint density at radius 2 is 1.42 bits per heavy atom. The van der Waals surface area contributed by atoms with Gasteiger partial charge in [-0.15, -0.1) is 0 Å². The number of rotatable bonds is 3. The molecule has 0 aromatic heterocycles. The van der Waals surface area contributed by atoms with E-state index in [-0.39, 0.29) is 33.0 Å². The van der Waals surface area contributed by atoms with Crippen molar-refractivity contribution in [1.29, 1.82) is 0 Å². The summed E-state index contributed by atoms with van der Waals surface area (Å²) >= 11 is 0. The summed E-state index contributed by atoms with van der Waals surface area (Å²) in [5.41, 5.74) is 1.72. The molecular weight excluding hydrogens is 458 g/mol. The van der Waals surface area contributed by atoms with Crippen molar-refractivity contribution in [2.45, 2.75) is 59.3 Å². The first-order chi connectivity index (χ1) is 16.8. The van der Waals surface area contributed by atoms with Crippen LogP contribution in [-0.2, 0) is 14.3 Å². The maximum atomic E-state index is 13.5. The fraction of sp³-hybridized carbons (Fsp3) is 0.571. The first-order valence-corrected chi connectivity index (χ1v) is 12.8. The third-order valence-corrected chi connectivity index (χ3v) is 7.96. The van der Waals surface area contributed by atoms with Crippen molar-refractivity contribution in [2.24, 2.45) is 10.8 Å². The van der Waals surface area contributed by atoms with Crippen LogP contribution in [0.1, 0.15) is 64.9 Å². The van der Waals surface area contributed by atoms with Crippen LogP contribution in [0, 0.1) is 20.9 Å². The molecule has 0 spiro atoms. The van der Waals surface area contributed by atoms with E-state index in [0.717, 1.165) is 13.1 Å². The number of carbonyl (C=O) groups is 2. The normalized spacial score (nSPS) is 24.4. The second-order valence-electron chi connectivity index (χ2n) is 12.4. The van der Waals surface area contributed by atoms with E-state index >= 15 is 0 Å². The molecule has 0 unspecified atom stereocenters. The van der Waals surface area contributed by atoms with Crippen molar-refractivity contribution < 1.29 is 19.2 Å². The number of benzene rings is 1. The Kier molecular flexibility index (Phi) is 5.86. The average Bonchev–Trinajstić information content (AvgIpc) is 2.76. The van der Waals surface area contributed by atoms with Crippen LogP contribution in [-0.4, -0.2) is 54.6 Å². The van der Waals surface area contributed by atoms with Crippen molar-refractivity contribution in [1.82, 2.24) is 4.90 Å². The third-order valence-electron chi connectivity index (χ3n) is 7.96. The highest BCUT2D eigenvalue weighted by molar-refractivity contribution is 6.06. The highest BCUT2D eigenvalue weighted by atomic mass is 16.6. The topological polar surface area (TPSA) is 93.0 Å². The maximum absolute atomic E-state index is 13.5. The largest absolute Gasteiger partial charge is 0.465 e. The minimum absolute atomic E-state index is 0.0139. The molecule has 2 aliphatic carbocycles. The van der Waals surface area contributed by atoms with Gasteiger partial charge >= 0.3 is 0 Å². The number of Topliss-reactive ketones (excluding diaryl/α,β-unsaturated/α-hetero) is 2. The lowest BCUT2D eigenvalue weighted by atomic mass is 9.65. The molecule has 1 saturated heterocycles. The number of carbonyl (C=O) groups excluding carboxylic acids is 2. The van der Waals surface area contributed by atoms with E-state index < -0.39 is 5.92 Å². The molecule has 0 atom stereocenters. The summed E-state index contributed by atoms with van der Waals surface area (Å²) in [4.78, 5) is 43.1. The van der Waals surface area contributed by atoms with E-state index in [0.29, 0.717) is 72.7 Å². The summed E-state index contributed by atoms with van der Waals surface area (Å²) in [7, 11) is 2.04. The zero-order valence-corrected chi connectivity index (χ0v) is 21.8. The molecule has 2 aliphatic heterocycles. The van der Waals surface area contributed by atoms with E-state index in [1.165, 1.54) is 0 Å². The Hall–Kier alpha value is -3.00. The Bertz CT molecular complexity index is 1170. The molecule has 8 heteroatoms. The SMILES string of the molecule is CN1CCN(c2ccc(C3C4=C(CC(C)(C)CC4=O)OC4=C3C(=O)CC(C)(C)C4)cc2[N+](=O)[O-])CC1. The van der Waals surface area contributed by atoms with Crippen LogP contribution in [0.5, 0.6) is 0 Å². The second kappa shape index (κ2) is 8.54. The summed E-state index contributed by atoms with van der Waals surface area (Å²) < 4.78 is 6.34. The van der Waals surface area contributed by atoms with Gasteiger partial charge in [0.2, 0.25) is 0 Å². The number of nitro benzene ring substituents is 1. The minimum atomic E-state index is -0.629. The van der Waals surface area contributed by atoms with Crippen LogP contribution in [0.15, 0.2) is 40.9 Å². The summed E-state index contributed by atoms with van der Waals surface area (Å²) in [6, 6.07) is 5.24. The van der Waals surface area contributed by atoms with Crippen LogP contribution >= 0.6 is 0 Å². The van der Waals surface area contributed by atoms with E-state index in [1.54, 1.807) is 12.1 Å². The molecule has 0 N–H and O–H groups in total. The number of nitrogens with zero attached hydrogens (tertiary/aromatic N) is 3. The van der Waals surface area contributed by atoms with Gasteiger partial charge in [0.05, 0.1) is 4.92 Å². The fourth-order valence-corrected chi connectivity index (χ4v) is 6.19. The number of piperazine rings is 1. The summed E-state index contributed by atoms with van der Waals surface area (Å²) in [5, 5.41) is 12.2. The quantitative estimate of drug-likeness (QED) is 0.443. The Morgan fingerprint density at radius 3 is 1.92 bits per heavy atom. The van der Waals surface area contributed by atoms with Crippen molar-refractivity contribution in [3.05, 3.63) is 56.5 Å². The first-order valence-electron chi connectivity index (χ1n) is 12.8. The van der Waals surface area contributed by atoms with Crippen molar-refractivity contribution in [3.63, 3.8) is 0 Å². The highest BCUT2D eigenvalue weighted by Crippen LogP contribution is 2.53. The standard InChI is InChI=1S/C28H35N3O5/c1-27(2)13-20(32)25-22(15-27)36-23-16-28(3,4)14-21(33)26(23)24(25)17-6-7-18(19(12-17)31(34)35)30-10-8-29(5)9-11-30/h6-7,12,24H,8-11,13-16H2,1-5H3. The molecule has 0 bridgehead atoms. The minimum Gasteiger partial charge on any atom is -0.465 e. The zero-order valence-electron chi connectivity index (χ0n) is 21.8. The molecule has 1 fully saturated rings. The molecule has 1 aromatic rings. The van der Waals surface area contributed by atoms with Gasteiger partial charge < -0.3 is 14.5 Å². The number of ether oxygens (including phenoxy) is 1. The van der Waals surface area contributed by atoms with Crippen molar-refractivity contribution in [2.75, 3.05) is 38.1 Å². The Morgan fingerprint density at radius 1 is 0.889 bits per heavy atom. The van der Waals surface area contributed by atoms with Crippen LogP contribution in [0.2, 0.25) is 0 Å². The fourth-order valence-electron chi connectivity index (χ4n) is 6.19. The molecule has 2 heterocycles. The Balaban J connectivity index is 1.65. The third kappa shape index (κ3) is 4.36. The van der Waals surface area contributed by atoms with Gasteiger partial charge in [0.25, 0.3) is 5.69 Å². The van der Waals surface area contributed by atoms with Gasteiger partial charge in [-0.05, 0) is 29.5 Å². The van der Waals surface area contributed by atoms with E-state index in [9.17, 15) is 19.7 Å². The molecule has 0 radical (unpaired) electrons. The summed E-state index contributed by atoms with van der Waals surface area (Å²) in [6.45, 7) is 11.3. The second-order valence-corrected chi connectivity index (χ2v) is 12.4. The molecule has 8 nitrogen and oxygen atoms in total. The van der Waals surface area contributed by atoms with Gasteiger partial charge in [0, 0.05) is 75.0 Å². The number of anilines is 1. The van der Waals surface area contributed by atoms with Gasteiger partial charge in [-0.3, -0.25) is 19.7 Å². The molecule has 5 rings (SSSR count). The number of allylic oxidation sites excluding steroid dienone is 4. The van der Waals surface area contributed by atoms with Crippen LogP contribution in [0.25, 0.3) is 0 Å². The van der Waals surface area contributed by atoms with Crippen molar-refractivity contribution in [3.8, 4) is 0 Å². The number of likely N-dealkylation sites (N-methyl/N-ethyl adjacent to an activating group) is 1. The summed E-state index contributed by atoms with van der Waals surface area (Å²) in [6.07, 6.45) is 1.90. The predicted molar refractivity (Wildman–Crippen MR) is 137 cm³/mol. The first kappa shape index (κ1) is 24.7. The number of nitro groups is 1. The van der Waals surface area contributed by atoms with Gasteiger partial charge in [0.1, 0.15) is 17.2 Å². The van der Waals surface area contributed by atoms with Gasteiger partial charge in [0.15, 0.2) is 11.6 Å².